The Balaban J connectivity index is 2.39. The van der Waals surface area contributed by atoms with E-state index in [-0.39, 0.29) is 0 Å². The minimum atomic E-state index is 0.602. The summed E-state index contributed by atoms with van der Waals surface area (Å²) < 4.78 is 0. The van der Waals surface area contributed by atoms with E-state index in [9.17, 15) is 0 Å². The monoisotopic (exact) mass is 217 g/mol. The van der Waals surface area contributed by atoms with Crippen LogP contribution in [0.1, 0.15) is 44.9 Å². The number of benzene rings is 1. The molecule has 0 fully saturated rings. The number of hydrogen-bond acceptors (Lipinski definition) is 1. The lowest BCUT2D eigenvalue weighted by Crippen LogP contribution is -2.42. The van der Waals surface area contributed by atoms with Gasteiger partial charge in [-0.25, -0.2) is 0 Å². The molecule has 0 aliphatic carbocycles. The van der Waals surface area contributed by atoms with Gasteiger partial charge in [-0.1, -0.05) is 38.1 Å². The maximum Gasteiger partial charge on any atom is 0.0376 e. The maximum absolute atomic E-state index is 2.65. The van der Waals surface area contributed by atoms with E-state index in [0.717, 1.165) is 0 Å². The molecule has 1 heteroatoms. The average molecular weight is 217 g/mol. The second-order valence-corrected chi connectivity index (χ2v) is 5.47. The predicted molar refractivity (Wildman–Crippen MR) is 69.6 cm³/mol. The first-order valence-electron chi connectivity index (χ1n) is 6.44. The first-order valence-corrected chi connectivity index (χ1v) is 6.44. The van der Waals surface area contributed by atoms with Gasteiger partial charge < -0.3 is 0 Å². The van der Waals surface area contributed by atoms with Crippen LogP contribution in [0.4, 0.5) is 0 Å². The van der Waals surface area contributed by atoms with Crippen molar-refractivity contribution in [1.29, 1.82) is 0 Å². The molecule has 0 bridgehead atoms. The fraction of sp³-hybridized carbons (Fsp3) is 0.600. The van der Waals surface area contributed by atoms with Crippen LogP contribution in [-0.4, -0.2) is 17.5 Å². The van der Waals surface area contributed by atoms with E-state index in [0.29, 0.717) is 18.0 Å². The summed E-state index contributed by atoms with van der Waals surface area (Å²) >= 11 is 0. The smallest absolute Gasteiger partial charge is 0.0376 e. The van der Waals surface area contributed by atoms with Gasteiger partial charge in [-0.3, -0.25) is 4.90 Å². The Bertz CT molecular complexity index is 354. The van der Waals surface area contributed by atoms with Crippen molar-refractivity contribution in [3.63, 3.8) is 0 Å². The molecule has 1 aliphatic heterocycles. The fourth-order valence-electron chi connectivity index (χ4n) is 2.94. The zero-order valence-electron chi connectivity index (χ0n) is 10.9. The third-order valence-corrected chi connectivity index (χ3v) is 3.67. The van der Waals surface area contributed by atoms with Gasteiger partial charge in [-0.05, 0) is 37.3 Å². The van der Waals surface area contributed by atoms with Crippen LogP contribution in [0.5, 0.6) is 0 Å². The summed E-state index contributed by atoms with van der Waals surface area (Å²) in [5, 5.41) is 0. The van der Waals surface area contributed by atoms with Crippen LogP contribution in [0.2, 0.25) is 0 Å². The molecule has 16 heavy (non-hydrogen) atoms. The summed E-state index contributed by atoms with van der Waals surface area (Å²) in [7, 11) is 0. The summed E-state index contributed by atoms with van der Waals surface area (Å²) in [5.74, 6) is 0.684. The molecule has 2 rings (SSSR count). The molecule has 0 unspecified atom stereocenters. The zero-order chi connectivity index (χ0) is 11.7. The Morgan fingerprint density at radius 2 is 1.81 bits per heavy atom. The van der Waals surface area contributed by atoms with Gasteiger partial charge in [-0.15, -0.1) is 0 Å². The molecular formula is C15H23N. The molecule has 1 atom stereocenters. The highest BCUT2D eigenvalue weighted by atomic mass is 15.2. The van der Waals surface area contributed by atoms with Crippen molar-refractivity contribution < 1.29 is 0 Å². The molecular weight excluding hydrogens is 194 g/mol. The molecule has 0 saturated heterocycles. The molecule has 1 aromatic carbocycles. The van der Waals surface area contributed by atoms with Crippen LogP contribution >= 0.6 is 0 Å². The molecule has 0 spiro atoms. The van der Waals surface area contributed by atoms with Gasteiger partial charge >= 0.3 is 0 Å². The van der Waals surface area contributed by atoms with E-state index < -0.39 is 0 Å². The lowest BCUT2D eigenvalue weighted by atomic mass is 9.85. The SMILES string of the molecule is CC(C)[C@@H]1c2ccccc2CCN1C(C)C. The highest BCUT2D eigenvalue weighted by Gasteiger charge is 2.30. The van der Waals surface area contributed by atoms with Crippen molar-refractivity contribution in [1.82, 2.24) is 4.90 Å². The Morgan fingerprint density at radius 1 is 1.12 bits per heavy atom. The van der Waals surface area contributed by atoms with Crippen LogP contribution < -0.4 is 0 Å². The van der Waals surface area contributed by atoms with E-state index in [1.165, 1.54) is 13.0 Å². The Morgan fingerprint density at radius 3 is 2.44 bits per heavy atom. The van der Waals surface area contributed by atoms with Crippen molar-refractivity contribution in [2.24, 2.45) is 5.92 Å². The lowest BCUT2D eigenvalue weighted by molar-refractivity contribution is 0.108. The van der Waals surface area contributed by atoms with Gasteiger partial charge in [0.1, 0.15) is 0 Å². The van der Waals surface area contributed by atoms with E-state index in [1.54, 1.807) is 11.1 Å². The Hall–Kier alpha value is -0.820. The fourth-order valence-corrected chi connectivity index (χ4v) is 2.94. The zero-order valence-corrected chi connectivity index (χ0v) is 10.9. The van der Waals surface area contributed by atoms with Gasteiger partial charge in [0.05, 0.1) is 0 Å². The summed E-state index contributed by atoms with van der Waals surface area (Å²) in [4.78, 5) is 2.65. The third-order valence-electron chi connectivity index (χ3n) is 3.67. The average Bonchev–Trinajstić information content (AvgIpc) is 2.27. The van der Waals surface area contributed by atoms with Crippen LogP contribution in [0, 0.1) is 5.92 Å². The minimum absolute atomic E-state index is 0.602. The number of rotatable bonds is 2. The second kappa shape index (κ2) is 4.58. The van der Waals surface area contributed by atoms with E-state index in [4.69, 9.17) is 0 Å². The predicted octanol–water partition coefficient (Wildman–Crippen LogP) is 3.65. The molecule has 1 nitrogen and oxygen atoms in total. The van der Waals surface area contributed by atoms with Gasteiger partial charge in [-0.2, -0.15) is 0 Å². The van der Waals surface area contributed by atoms with Gasteiger partial charge in [0.25, 0.3) is 0 Å². The Labute approximate surface area is 99.5 Å². The van der Waals surface area contributed by atoms with Crippen molar-refractivity contribution in [2.75, 3.05) is 6.54 Å². The summed E-state index contributed by atoms with van der Waals surface area (Å²) in [6.07, 6.45) is 1.21. The molecule has 0 radical (unpaired) electrons. The quantitative estimate of drug-likeness (QED) is 0.731. The highest BCUT2D eigenvalue weighted by Crippen LogP contribution is 2.36. The van der Waals surface area contributed by atoms with Crippen LogP contribution in [0.25, 0.3) is 0 Å². The van der Waals surface area contributed by atoms with Crippen molar-refractivity contribution in [3.05, 3.63) is 35.4 Å². The van der Waals surface area contributed by atoms with Crippen molar-refractivity contribution in [3.8, 4) is 0 Å². The summed E-state index contributed by atoms with van der Waals surface area (Å²) in [5.41, 5.74) is 3.11. The van der Waals surface area contributed by atoms with Crippen molar-refractivity contribution in [2.45, 2.75) is 46.2 Å². The van der Waals surface area contributed by atoms with Gasteiger partial charge in [0, 0.05) is 18.6 Å². The molecule has 1 aliphatic rings. The molecule has 0 amide bonds. The first kappa shape index (κ1) is 11.7. The second-order valence-electron chi connectivity index (χ2n) is 5.47. The minimum Gasteiger partial charge on any atom is -0.293 e. The van der Waals surface area contributed by atoms with Gasteiger partial charge in [0.2, 0.25) is 0 Å². The van der Waals surface area contributed by atoms with Crippen LogP contribution in [0.3, 0.4) is 0 Å². The molecule has 1 heterocycles. The molecule has 0 saturated carbocycles. The van der Waals surface area contributed by atoms with Crippen LogP contribution in [0.15, 0.2) is 24.3 Å². The normalized spacial score (nSPS) is 21.5. The van der Waals surface area contributed by atoms with E-state index in [2.05, 4.69) is 56.9 Å². The Kier molecular flexibility index (Phi) is 3.34. The van der Waals surface area contributed by atoms with E-state index >= 15 is 0 Å². The highest BCUT2D eigenvalue weighted by molar-refractivity contribution is 5.33. The van der Waals surface area contributed by atoms with E-state index in [1.807, 2.05) is 0 Å². The molecule has 1 aromatic rings. The molecule has 0 N–H and O–H groups in total. The van der Waals surface area contributed by atoms with Crippen LogP contribution in [-0.2, 0) is 6.42 Å². The largest absolute Gasteiger partial charge is 0.293 e. The summed E-state index contributed by atoms with van der Waals surface area (Å²) in [6.45, 7) is 10.5. The maximum atomic E-state index is 2.65. The van der Waals surface area contributed by atoms with Crippen molar-refractivity contribution >= 4 is 0 Å². The lowest BCUT2D eigenvalue weighted by Gasteiger charge is -2.42. The standard InChI is InChI=1S/C15H23N/c1-11(2)15-14-8-6-5-7-13(14)9-10-16(15)12(3)4/h5-8,11-12,15H,9-10H2,1-4H3/t15-/m1/s1. The third kappa shape index (κ3) is 2.01. The summed E-state index contributed by atoms with van der Waals surface area (Å²) in [6, 6.07) is 10.2. The number of nitrogens with zero attached hydrogens (tertiary/aromatic N) is 1. The van der Waals surface area contributed by atoms with Gasteiger partial charge in [0.15, 0.2) is 0 Å². The number of hydrogen-bond donors (Lipinski definition) is 0. The first-order chi connectivity index (χ1) is 7.61. The molecule has 0 aromatic heterocycles. The number of fused-ring (bicyclic) bond motifs is 1. The topological polar surface area (TPSA) is 3.24 Å². The molecule has 88 valence electrons.